The third kappa shape index (κ3) is 4.80. The van der Waals surface area contributed by atoms with Crippen molar-refractivity contribution < 1.29 is 9.59 Å². The molecule has 2 N–H and O–H groups in total. The number of carbonyl (C=O) groups is 2. The van der Waals surface area contributed by atoms with Crippen LogP contribution < -0.4 is 5.73 Å². The van der Waals surface area contributed by atoms with Crippen LogP contribution in [-0.4, -0.2) is 34.8 Å². The SMILES string of the molecule is Cc1nc(C(=O)N(CCc2ccccc2)CC(N)=O)c(-c2ccccc2)s1. The number of nitrogens with zero attached hydrogens (tertiary/aromatic N) is 2. The second kappa shape index (κ2) is 8.60. The highest BCUT2D eigenvalue weighted by Crippen LogP contribution is 2.30. The van der Waals surface area contributed by atoms with Crippen LogP contribution in [0.5, 0.6) is 0 Å². The Hall–Kier alpha value is -2.99. The maximum absolute atomic E-state index is 13.2. The second-order valence-electron chi connectivity index (χ2n) is 6.21. The molecular formula is C21H21N3O2S. The monoisotopic (exact) mass is 379 g/mol. The van der Waals surface area contributed by atoms with Crippen LogP contribution >= 0.6 is 11.3 Å². The molecule has 27 heavy (non-hydrogen) atoms. The van der Waals surface area contributed by atoms with Gasteiger partial charge in [0.2, 0.25) is 5.91 Å². The number of benzene rings is 2. The van der Waals surface area contributed by atoms with Gasteiger partial charge in [-0.3, -0.25) is 9.59 Å². The van der Waals surface area contributed by atoms with Crippen LogP contribution in [0.25, 0.3) is 10.4 Å². The van der Waals surface area contributed by atoms with Crippen LogP contribution in [0.1, 0.15) is 21.1 Å². The van der Waals surface area contributed by atoms with Crippen molar-refractivity contribution in [1.29, 1.82) is 0 Å². The molecule has 0 fully saturated rings. The summed E-state index contributed by atoms with van der Waals surface area (Å²) in [6.45, 7) is 2.14. The van der Waals surface area contributed by atoms with Crippen molar-refractivity contribution in [2.75, 3.05) is 13.1 Å². The molecule has 0 saturated heterocycles. The molecule has 3 aromatic rings. The van der Waals surface area contributed by atoms with E-state index < -0.39 is 5.91 Å². The summed E-state index contributed by atoms with van der Waals surface area (Å²) < 4.78 is 0. The molecule has 0 aliphatic carbocycles. The molecule has 6 heteroatoms. The topological polar surface area (TPSA) is 76.3 Å². The van der Waals surface area contributed by atoms with E-state index in [1.54, 1.807) is 0 Å². The van der Waals surface area contributed by atoms with Gasteiger partial charge in [-0.25, -0.2) is 4.98 Å². The van der Waals surface area contributed by atoms with Crippen molar-refractivity contribution in [2.24, 2.45) is 5.73 Å². The molecule has 0 saturated carbocycles. The summed E-state index contributed by atoms with van der Waals surface area (Å²) >= 11 is 1.47. The molecule has 2 amide bonds. The van der Waals surface area contributed by atoms with Crippen molar-refractivity contribution in [3.8, 4) is 10.4 Å². The number of carbonyl (C=O) groups excluding carboxylic acids is 2. The number of hydrogen-bond donors (Lipinski definition) is 1. The molecule has 2 aromatic carbocycles. The fraction of sp³-hybridized carbons (Fsp3) is 0.190. The first-order chi connectivity index (χ1) is 13.0. The standard InChI is InChI=1S/C21H21N3O2S/c1-15-23-19(20(27-15)17-10-6-3-7-11-17)21(26)24(14-18(22)25)13-12-16-8-4-2-5-9-16/h2-11H,12-14H2,1H3,(H2,22,25). The number of aryl methyl sites for hydroxylation is 1. The zero-order chi connectivity index (χ0) is 19.2. The van der Waals surface area contributed by atoms with Crippen molar-refractivity contribution in [3.63, 3.8) is 0 Å². The third-order valence-electron chi connectivity index (χ3n) is 4.12. The first-order valence-electron chi connectivity index (χ1n) is 8.69. The minimum atomic E-state index is -0.537. The number of nitrogens with two attached hydrogens (primary N) is 1. The summed E-state index contributed by atoms with van der Waals surface area (Å²) in [5, 5.41) is 0.805. The highest BCUT2D eigenvalue weighted by molar-refractivity contribution is 7.15. The average molecular weight is 379 g/mol. The van der Waals surface area contributed by atoms with Gasteiger partial charge in [-0.05, 0) is 24.5 Å². The van der Waals surface area contributed by atoms with E-state index >= 15 is 0 Å². The van der Waals surface area contributed by atoms with Crippen LogP contribution in [0.2, 0.25) is 0 Å². The van der Waals surface area contributed by atoms with Crippen LogP contribution in [0.15, 0.2) is 60.7 Å². The smallest absolute Gasteiger partial charge is 0.274 e. The Balaban J connectivity index is 1.87. The molecule has 1 heterocycles. The summed E-state index contributed by atoms with van der Waals surface area (Å²) in [5.41, 5.74) is 7.79. The van der Waals surface area contributed by atoms with E-state index in [1.165, 1.54) is 16.2 Å². The van der Waals surface area contributed by atoms with E-state index in [9.17, 15) is 9.59 Å². The fourth-order valence-corrected chi connectivity index (χ4v) is 3.77. The van der Waals surface area contributed by atoms with Crippen molar-refractivity contribution >= 4 is 23.2 Å². The molecule has 5 nitrogen and oxygen atoms in total. The Morgan fingerprint density at radius 3 is 2.30 bits per heavy atom. The highest BCUT2D eigenvalue weighted by atomic mass is 32.1. The predicted octanol–water partition coefficient (Wildman–Crippen LogP) is 3.29. The molecule has 138 valence electrons. The zero-order valence-electron chi connectivity index (χ0n) is 15.1. The number of amides is 2. The molecule has 0 bridgehead atoms. The van der Waals surface area contributed by atoms with E-state index in [-0.39, 0.29) is 12.5 Å². The van der Waals surface area contributed by atoms with Crippen LogP contribution in [0.4, 0.5) is 0 Å². The summed E-state index contributed by atoms with van der Waals surface area (Å²) in [6, 6.07) is 19.5. The summed E-state index contributed by atoms with van der Waals surface area (Å²) in [5.74, 6) is -0.808. The lowest BCUT2D eigenvalue weighted by atomic mass is 10.1. The molecular weight excluding hydrogens is 358 g/mol. The largest absolute Gasteiger partial charge is 0.368 e. The van der Waals surface area contributed by atoms with Gasteiger partial charge in [0.25, 0.3) is 5.91 Å². The maximum Gasteiger partial charge on any atom is 0.274 e. The summed E-state index contributed by atoms with van der Waals surface area (Å²) in [4.78, 5) is 31.4. The molecule has 0 unspecified atom stereocenters. The van der Waals surface area contributed by atoms with E-state index in [0.29, 0.717) is 18.7 Å². The third-order valence-corrected chi connectivity index (χ3v) is 5.14. The normalized spacial score (nSPS) is 10.6. The number of thiazole rings is 1. The Morgan fingerprint density at radius 2 is 1.67 bits per heavy atom. The Morgan fingerprint density at radius 1 is 1.04 bits per heavy atom. The molecule has 0 spiro atoms. The Kier molecular flexibility index (Phi) is 5.98. The summed E-state index contributed by atoms with van der Waals surface area (Å²) in [7, 11) is 0. The number of aromatic nitrogens is 1. The predicted molar refractivity (Wildman–Crippen MR) is 108 cm³/mol. The number of primary amides is 1. The van der Waals surface area contributed by atoms with Gasteiger partial charge in [-0.15, -0.1) is 11.3 Å². The molecule has 0 aliphatic heterocycles. The van der Waals surface area contributed by atoms with E-state index in [4.69, 9.17) is 5.73 Å². The van der Waals surface area contributed by atoms with E-state index in [0.717, 1.165) is 21.0 Å². The first kappa shape index (κ1) is 18.8. The van der Waals surface area contributed by atoms with Crippen molar-refractivity contribution in [1.82, 2.24) is 9.88 Å². The van der Waals surface area contributed by atoms with Gasteiger partial charge in [-0.2, -0.15) is 0 Å². The van der Waals surface area contributed by atoms with Crippen LogP contribution in [-0.2, 0) is 11.2 Å². The first-order valence-corrected chi connectivity index (χ1v) is 9.50. The average Bonchev–Trinajstić information content (AvgIpc) is 3.07. The van der Waals surface area contributed by atoms with Crippen LogP contribution in [0.3, 0.4) is 0 Å². The molecule has 0 atom stereocenters. The van der Waals surface area contributed by atoms with Gasteiger partial charge >= 0.3 is 0 Å². The van der Waals surface area contributed by atoms with Gasteiger partial charge in [0.05, 0.1) is 16.4 Å². The number of hydrogen-bond acceptors (Lipinski definition) is 4. The molecule has 0 aliphatic rings. The minimum absolute atomic E-state index is 0.129. The van der Waals surface area contributed by atoms with Crippen molar-refractivity contribution in [2.45, 2.75) is 13.3 Å². The van der Waals surface area contributed by atoms with Crippen molar-refractivity contribution in [3.05, 3.63) is 76.9 Å². The van der Waals surface area contributed by atoms with Gasteiger partial charge in [-0.1, -0.05) is 60.7 Å². The highest BCUT2D eigenvalue weighted by Gasteiger charge is 2.24. The zero-order valence-corrected chi connectivity index (χ0v) is 15.9. The van der Waals surface area contributed by atoms with E-state index in [2.05, 4.69) is 4.98 Å². The minimum Gasteiger partial charge on any atom is -0.368 e. The molecule has 3 rings (SSSR count). The lowest BCUT2D eigenvalue weighted by molar-refractivity contribution is -0.118. The quantitative estimate of drug-likeness (QED) is 0.684. The fourth-order valence-electron chi connectivity index (χ4n) is 2.86. The maximum atomic E-state index is 13.2. The lowest BCUT2D eigenvalue weighted by Crippen LogP contribution is -2.40. The Bertz CT molecular complexity index is 923. The summed E-state index contributed by atoms with van der Waals surface area (Å²) in [6.07, 6.45) is 0.643. The van der Waals surface area contributed by atoms with Gasteiger partial charge in [0.1, 0.15) is 5.69 Å². The van der Waals surface area contributed by atoms with E-state index in [1.807, 2.05) is 67.6 Å². The van der Waals surface area contributed by atoms with Gasteiger partial charge in [0.15, 0.2) is 0 Å². The second-order valence-corrected chi connectivity index (χ2v) is 7.41. The molecule has 0 radical (unpaired) electrons. The van der Waals surface area contributed by atoms with Gasteiger partial charge < -0.3 is 10.6 Å². The lowest BCUT2D eigenvalue weighted by Gasteiger charge is -2.21. The number of rotatable bonds is 7. The molecule has 1 aromatic heterocycles. The Labute approximate surface area is 162 Å². The van der Waals surface area contributed by atoms with Gasteiger partial charge in [0, 0.05) is 6.54 Å². The van der Waals surface area contributed by atoms with Crippen LogP contribution in [0, 0.1) is 6.92 Å².